The number of anilines is 1. The highest BCUT2D eigenvalue weighted by Gasteiger charge is 2.29. The third kappa shape index (κ3) is 2.87. The summed E-state index contributed by atoms with van der Waals surface area (Å²) in [4.78, 5) is 10.00. The van der Waals surface area contributed by atoms with Crippen LogP contribution in [0, 0.1) is 10.1 Å². The van der Waals surface area contributed by atoms with E-state index in [9.17, 15) is 18.5 Å². The molecule has 0 amide bonds. The van der Waals surface area contributed by atoms with Crippen molar-refractivity contribution in [3.8, 4) is 0 Å². The van der Waals surface area contributed by atoms with Gasteiger partial charge >= 0.3 is 0 Å². The standard InChI is InChI=1S/C10H14N4O4S2/c11-12-9-2-1-8(14(15)16)7-10(9)20(17,18)13-3-5-19-6-4-13/h1-2,7,12H,3-6,11H2. The van der Waals surface area contributed by atoms with Crippen LogP contribution in [0.4, 0.5) is 11.4 Å². The lowest BCUT2D eigenvalue weighted by molar-refractivity contribution is -0.385. The van der Waals surface area contributed by atoms with Gasteiger partial charge < -0.3 is 5.43 Å². The molecular formula is C10H14N4O4S2. The minimum atomic E-state index is -3.79. The lowest BCUT2D eigenvalue weighted by atomic mass is 10.3. The van der Waals surface area contributed by atoms with Crippen LogP contribution < -0.4 is 11.3 Å². The molecule has 0 bridgehead atoms. The molecule has 1 aromatic carbocycles. The maximum Gasteiger partial charge on any atom is 0.270 e. The molecule has 0 unspecified atom stereocenters. The smallest absolute Gasteiger partial charge is 0.270 e. The lowest BCUT2D eigenvalue weighted by Crippen LogP contribution is -2.38. The van der Waals surface area contributed by atoms with E-state index in [1.165, 1.54) is 16.4 Å². The second-order valence-corrected chi connectivity index (χ2v) is 7.23. The van der Waals surface area contributed by atoms with E-state index in [1.54, 1.807) is 11.8 Å². The van der Waals surface area contributed by atoms with Crippen LogP contribution in [0.2, 0.25) is 0 Å². The number of nitrogens with two attached hydrogens (primary N) is 1. The van der Waals surface area contributed by atoms with E-state index in [-0.39, 0.29) is 16.3 Å². The van der Waals surface area contributed by atoms with Gasteiger partial charge in [-0.15, -0.1) is 0 Å². The molecule has 10 heteroatoms. The molecule has 20 heavy (non-hydrogen) atoms. The number of nitro benzene ring substituents is 1. The van der Waals surface area contributed by atoms with Crippen LogP contribution in [0.5, 0.6) is 0 Å². The number of thioether (sulfide) groups is 1. The number of benzene rings is 1. The Morgan fingerprint density at radius 1 is 1.35 bits per heavy atom. The van der Waals surface area contributed by atoms with Gasteiger partial charge in [0.25, 0.3) is 5.69 Å². The summed E-state index contributed by atoms with van der Waals surface area (Å²) in [6.45, 7) is 0.777. The zero-order valence-electron chi connectivity index (χ0n) is 10.5. The second-order valence-electron chi connectivity index (χ2n) is 4.10. The largest absolute Gasteiger partial charge is 0.323 e. The van der Waals surface area contributed by atoms with Gasteiger partial charge in [0.05, 0.1) is 10.6 Å². The van der Waals surface area contributed by atoms with Crippen LogP contribution in [0.3, 0.4) is 0 Å². The molecular weight excluding hydrogens is 304 g/mol. The zero-order chi connectivity index (χ0) is 14.8. The molecule has 0 spiro atoms. The quantitative estimate of drug-likeness (QED) is 0.474. The Balaban J connectivity index is 2.48. The number of rotatable bonds is 4. The van der Waals surface area contributed by atoms with E-state index in [2.05, 4.69) is 5.43 Å². The molecule has 2 rings (SSSR count). The van der Waals surface area contributed by atoms with Crippen LogP contribution in [-0.2, 0) is 10.0 Å². The predicted octanol–water partition coefficient (Wildman–Crippen LogP) is 0.618. The number of nitrogens with zero attached hydrogens (tertiary/aromatic N) is 2. The molecule has 3 N–H and O–H groups in total. The first-order valence-corrected chi connectivity index (χ1v) is 8.39. The summed E-state index contributed by atoms with van der Waals surface area (Å²) >= 11 is 1.67. The normalized spacial score (nSPS) is 16.9. The molecule has 110 valence electrons. The predicted molar refractivity (Wildman–Crippen MR) is 77.0 cm³/mol. The maximum atomic E-state index is 12.5. The number of non-ortho nitro benzene ring substituents is 1. The van der Waals surface area contributed by atoms with Crippen LogP contribution in [-0.4, -0.2) is 42.2 Å². The summed E-state index contributed by atoms with van der Waals surface area (Å²) in [6, 6.07) is 3.54. The van der Waals surface area contributed by atoms with Gasteiger partial charge in [-0.3, -0.25) is 16.0 Å². The molecule has 1 aliphatic heterocycles. The number of nitro groups is 1. The van der Waals surface area contributed by atoms with E-state index in [0.29, 0.717) is 24.6 Å². The van der Waals surface area contributed by atoms with Crippen molar-refractivity contribution >= 4 is 33.2 Å². The fourth-order valence-electron chi connectivity index (χ4n) is 1.88. The fraction of sp³-hybridized carbons (Fsp3) is 0.400. The zero-order valence-corrected chi connectivity index (χ0v) is 12.1. The SMILES string of the molecule is NNc1ccc([N+](=O)[O-])cc1S(=O)(=O)N1CCSCC1. The number of hydrazine groups is 1. The van der Waals surface area contributed by atoms with Crippen molar-refractivity contribution < 1.29 is 13.3 Å². The van der Waals surface area contributed by atoms with Crippen LogP contribution in [0.25, 0.3) is 0 Å². The van der Waals surface area contributed by atoms with Gasteiger partial charge in [0.15, 0.2) is 0 Å². The Hall–Kier alpha value is -1.36. The van der Waals surface area contributed by atoms with Crippen molar-refractivity contribution in [1.29, 1.82) is 0 Å². The molecule has 1 heterocycles. The van der Waals surface area contributed by atoms with Crippen molar-refractivity contribution in [1.82, 2.24) is 4.31 Å². The van der Waals surface area contributed by atoms with Gasteiger partial charge in [0.1, 0.15) is 4.90 Å². The first-order valence-electron chi connectivity index (χ1n) is 5.80. The molecule has 1 aliphatic rings. The average molecular weight is 318 g/mol. The molecule has 1 aromatic rings. The van der Waals surface area contributed by atoms with Crippen molar-refractivity contribution in [3.05, 3.63) is 28.3 Å². The first kappa shape index (κ1) is 15.0. The molecule has 1 saturated heterocycles. The van der Waals surface area contributed by atoms with Crippen molar-refractivity contribution in [2.24, 2.45) is 5.84 Å². The minimum absolute atomic E-state index is 0.147. The van der Waals surface area contributed by atoms with Crippen LogP contribution in [0.15, 0.2) is 23.1 Å². The highest BCUT2D eigenvalue weighted by Crippen LogP contribution is 2.29. The van der Waals surface area contributed by atoms with Gasteiger partial charge in [-0.1, -0.05) is 0 Å². The topological polar surface area (TPSA) is 119 Å². The molecule has 0 atom stereocenters. The number of nitrogen functional groups attached to an aromatic ring is 1. The van der Waals surface area contributed by atoms with Crippen molar-refractivity contribution in [3.63, 3.8) is 0 Å². The Kier molecular flexibility index (Phi) is 4.48. The molecule has 0 aromatic heterocycles. The van der Waals surface area contributed by atoms with E-state index in [0.717, 1.165) is 6.07 Å². The summed E-state index contributed by atoms with van der Waals surface area (Å²) in [7, 11) is -3.79. The van der Waals surface area contributed by atoms with Gasteiger partial charge in [0.2, 0.25) is 10.0 Å². The van der Waals surface area contributed by atoms with E-state index in [1.807, 2.05) is 0 Å². The molecule has 0 aliphatic carbocycles. The molecule has 0 radical (unpaired) electrons. The summed E-state index contributed by atoms with van der Waals surface area (Å²) in [5.74, 6) is 6.71. The first-order chi connectivity index (χ1) is 9.46. The average Bonchev–Trinajstić information content (AvgIpc) is 2.47. The lowest BCUT2D eigenvalue weighted by Gasteiger charge is -2.26. The van der Waals surface area contributed by atoms with Crippen molar-refractivity contribution in [2.45, 2.75) is 4.90 Å². The number of hydrogen-bond donors (Lipinski definition) is 2. The van der Waals surface area contributed by atoms with Gasteiger partial charge in [0, 0.05) is 36.7 Å². The Labute approximate surface area is 120 Å². The highest BCUT2D eigenvalue weighted by molar-refractivity contribution is 7.99. The summed E-state index contributed by atoms with van der Waals surface area (Å²) < 4.78 is 26.4. The molecule has 8 nitrogen and oxygen atoms in total. The molecule has 1 fully saturated rings. The van der Waals surface area contributed by atoms with Crippen LogP contribution >= 0.6 is 11.8 Å². The third-order valence-electron chi connectivity index (χ3n) is 2.92. The van der Waals surface area contributed by atoms with Gasteiger partial charge in [-0.25, -0.2) is 8.42 Å². The van der Waals surface area contributed by atoms with E-state index in [4.69, 9.17) is 5.84 Å². The third-order valence-corrected chi connectivity index (χ3v) is 5.80. The monoisotopic (exact) mass is 318 g/mol. The van der Waals surface area contributed by atoms with E-state index < -0.39 is 14.9 Å². The number of nitrogens with one attached hydrogen (secondary N) is 1. The number of sulfonamides is 1. The highest BCUT2D eigenvalue weighted by atomic mass is 32.2. The Bertz CT molecular complexity index is 614. The maximum absolute atomic E-state index is 12.5. The molecule has 0 saturated carbocycles. The van der Waals surface area contributed by atoms with E-state index >= 15 is 0 Å². The van der Waals surface area contributed by atoms with Crippen LogP contribution in [0.1, 0.15) is 0 Å². The summed E-state index contributed by atoms with van der Waals surface area (Å²) in [6.07, 6.45) is 0. The van der Waals surface area contributed by atoms with Crippen molar-refractivity contribution in [2.75, 3.05) is 30.0 Å². The minimum Gasteiger partial charge on any atom is -0.323 e. The fourth-order valence-corrected chi connectivity index (χ4v) is 4.63. The van der Waals surface area contributed by atoms with Gasteiger partial charge in [-0.05, 0) is 6.07 Å². The Morgan fingerprint density at radius 2 is 2.00 bits per heavy atom. The Morgan fingerprint density at radius 3 is 2.55 bits per heavy atom. The summed E-state index contributed by atoms with van der Waals surface area (Å²) in [5.41, 5.74) is 2.14. The van der Waals surface area contributed by atoms with Gasteiger partial charge in [-0.2, -0.15) is 16.1 Å². The summed E-state index contributed by atoms with van der Waals surface area (Å²) in [5, 5.41) is 10.8. The second kappa shape index (κ2) is 5.95. The number of hydrogen-bond acceptors (Lipinski definition) is 7.